The maximum absolute atomic E-state index is 11.3. The zero-order valence-corrected chi connectivity index (χ0v) is 14.2. The number of alkyl halides is 3. The minimum Gasteiger partial charge on any atom is -0.465 e. The van der Waals surface area contributed by atoms with Gasteiger partial charge in [0.05, 0.1) is 17.2 Å². The molecule has 1 heterocycles. The van der Waals surface area contributed by atoms with Crippen molar-refractivity contribution in [2.75, 3.05) is 11.4 Å². The van der Waals surface area contributed by atoms with E-state index in [1.165, 1.54) is 18.2 Å². The molecule has 0 aliphatic heterocycles. The predicted molar refractivity (Wildman–Crippen MR) is 89.9 cm³/mol. The van der Waals surface area contributed by atoms with Gasteiger partial charge in [0.1, 0.15) is 0 Å². The van der Waals surface area contributed by atoms with Gasteiger partial charge in [-0.3, -0.25) is 10.1 Å². The van der Waals surface area contributed by atoms with Crippen molar-refractivity contribution in [1.29, 1.82) is 0 Å². The summed E-state index contributed by atoms with van der Waals surface area (Å²) in [4.78, 5) is 26.5. The smallest absolute Gasteiger partial charge is 0.413 e. The number of benzene rings is 1. The Morgan fingerprint density at radius 3 is 2.70 bits per heavy atom. The summed E-state index contributed by atoms with van der Waals surface area (Å²) in [7, 11) is 0. The number of non-ortho nitro benzene ring substituents is 1. The van der Waals surface area contributed by atoms with E-state index in [1.54, 1.807) is 11.4 Å². The Labute approximate surface area is 149 Å². The van der Waals surface area contributed by atoms with Crippen LogP contribution in [0.5, 0.6) is 0 Å². The van der Waals surface area contributed by atoms with Gasteiger partial charge in [-0.15, -0.1) is 11.3 Å². The number of halogens is 3. The number of carboxylic acid groups (broad SMARTS) is 1. The van der Waals surface area contributed by atoms with E-state index in [4.69, 9.17) is 34.8 Å². The fourth-order valence-electron chi connectivity index (χ4n) is 1.70. The standard InChI is InChI=1S/C12H8Cl3N3O4S/c13-12(14,15)6-17(11(19)20)10-16-9(5-23-10)7-2-1-3-8(4-7)18(21)22/h1-5H,6H2,(H,19,20). The molecule has 0 unspecified atom stereocenters. The highest BCUT2D eigenvalue weighted by Gasteiger charge is 2.29. The molecule has 0 saturated carbocycles. The van der Waals surface area contributed by atoms with Gasteiger partial charge in [-0.2, -0.15) is 0 Å². The summed E-state index contributed by atoms with van der Waals surface area (Å²) in [6, 6.07) is 5.84. The summed E-state index contributed by atoms with van der Waals surface area (Å²) in [5.74, 6) is 0. The van der Waals surface area contributed by atoms with Gasteiger partial charge in [-0.05, 0) is 0 Å². The fraction of sp³-hybridized carbons (Fsp3) is 0.167. The third kappa shape index (κ3) is 4.68. The van der Waals surface area contributed by atoms with Gasteiger partial charge in [-0.1, -0.05) is 46.9 Å². The van der Waals surface area contributed by atoms with Crippen molar-refractivity contribution in [3.63, 3.8) is 0 Å². The maximum Gasteiger partial charge on any atom is 0.413 e. The minimum absolute atomic E-state index is 0.0894. The molecule has 2 rings (SSSR count). The minimum atomic E-state index is -1.80. The van der Waals surface area contributed by atoms with Crippen LogP contribution in [0.15, 0.2) is 29.6 Å². The number of amides is 1. The number of hydrogen-bond acceptors (Lipinski definition) is 5. The van der Waals surface area contributed by atoms with Crippen LogP contribution in [0.4, 0.5) is 15.6 Å². The molecule has 1 amide bonds. The van der Waals surface area contributed by atoms with Crippen LogP contribution >= 0.6 is 46.1 Å². The summed E-state index contributed by atoms with van der Waals surface area (Å²) in [6.07, 6.45) is -1.32. The quantitative estimate of drug-likeness (QED) is 0.464. The Hall–Kier alpha value is -1.61. The number of nitrogens with zero attached hydrogens (tertiary/aromatic N) is 3. The third-order valence-corrected chi connectivity index (χ3v) is 3.87. The van der Waals surface area contributed by atoms with E-state index in [0.717, 1.165) is 16.2 Å². The molecule has 0 saturated heterocycles. The van der Waals surface area contributed by atoms with Gasteiger partial charge in [0.25, 0.3) is 5.69 Å². The maximum atomic E-state index is 11.3. The summed E-state index contributed by atoms with van der Waals surface area (Å²) >= 11 is 17.9. The molecule has 11 heteroatoms. The highest BCUT2D eigenvalue weighted by molar-refractivity contribution is 7.14. The molecular weight excluding hydrogens is 389 g/mol. The third-order valence-electron chi connectivity index (χ3n) is 2.64. The molecule has 122 valence electrons. The Morgan fingerprint density at radius 1 is 1.43 bits per heavy atom. The Morgan fingerprint density at radius 2 is 2.13 bits per heavy atom. The summed E-state index contributed by atoms with van der Waals surface area (Å²) in [5.41, 5.74) is 0.790. The molecule has 0 fully saturated rings. The number of nitro groups is 1. The summed E-state index contributed by atoms with van der Waals surface area (Å²) in [5, 5.41) is 21.7. The first kappa shape index (κ1) is 17.7. The molecule has 1 aromatic heterocycles. The van der Waals surface area contributed by atoms with Crippen LogP contribution in [0.3, 0.4) is 0 Å². The van der Waals surface area contributed by atoms with Crippen molar-refractivity contribution in [3.05, 3.63) is 39.8 Å². The lowest BCUT2D eigenvalue weighted by Gasteiger charge is -2.20. The molecule has 1 N–H and O–H groups in total. The lowest BCUT2D eigenvalue weighted by atomic mass is 10.1. The van der Waals surface area contributed by atoms with Crippen molar-refractivity contribution in [1.82, 2.24) is 4.98 Å². The molecule has 0 aliphatic rings. The Kier molecular flexibility index (Phi) is 5.30. The van der Waals surface area contributed by atoms with Crippen molar-refractivity contribution < 1.29 is 14.8 Å². The molecule has 0 aliphatic carbocycles. The molecular formula is C12H8Cl3N3O4S. The van der Waals surface area contributed by atoms with Gasteiger partial charge in [0.2, 0.25) is 3.79 Å². The first-order chi connectivity index (χ1) is 10.7. The van der Waals surface area contributed by atoms with Crippen LogP contribution in [0.25, 0.3) is 11.3 Å². The van der Waals surface area contributed by atoms with Gasteiger partial charge < -0.3 is 5.11 Å². The van der Waals surface area contributed by atoms with Gasteiger partial charge in [0.15, 0.2) is 5.13 Å². The van der Waals surface area contributed by atoms with Crippen LogP contribution in [0.1, 0.15) is 0 Å². The van der Waals surface area contributed by atoms with Crippen LogP contribution in [-0.4, -0.2) is 31.4 Å². The molecule has 0 spiro atoms. The number of anilines is 1. The van der Waals surface area contributed by atoms with Gasteiger partial charge in [0, 0.05) is 23.1 Å². The van der Waals surface area contributed by atoms with Crippen LogP contribution in [-0.2, 0) is 0 Å². The SMILES string of the molecule is O=C(O)N(CC(Cl)(Cl)Cl)c1nc(-c2cccc([N+](=O)[O-])c2)cs1. The average Bonchev–Trinajstić information content (AvgIpc) is 2.93. The molecule has 0 bridgehead atoms. The van der Waals surface area contributed by atoms with Gasteiger partial charge in [-0.25, -0.2) is 14.7 Å². The largest absolute Gasteiger partial charge is 0.465 e. The molecule has 2 aromatic rings. The topological polar surface area (TPSA) is 96.6 Å². The van der Waals surface area contributed by atoms with Crippen molar-refractivity contribution in [3.8, 4) is 11.3 Å². The summed E-state index contributed by atoms with van der Waals surface area (Å²) in [6.45, 7) is -0.394. The van der Waals surface area contributed by atoms with E-state index in [0.29, 0.717) is 11.3 Å². The highest BCUT2D eigenvalue weighted by atomic mass is 35.6. The Balaban J connectivity index is 2.34. The van der Waals surface area contributed by atoms with Crippen LogP contribution in [0.2, 0.25) is 0 Å². The van der Waals surface area contributed by atoms with Crippen LogP contribution in [0, 0.1) is 10.1 Å². The van der Waals surface area contributed by atoms with E-state index in [9.17, 15) is 20.0 Å². The number of hydrogen-bond donors (Lipinski definition) is 1. The molecule has 7 nitrogen and oxygen atoms in total. The number of carbonyl (C=O) groups is 1. The van der Waals surface area contributed by atoms with Crippen molar-refractivity contribution >= 4 is 63.1 Å². The second-order valence-electron chi connectivity index (χ2n) is 4.31. The van der Waals surface area contributed by atoms with E-state index in [-0.39, 0.29) is 10.8 Å². The van der Waals surface area contributed by atoms with Crippen molar-refractivity contribution in [2.24, 2.45) is 0 Å². The second kappa shape index (κ2) is 6.88. The first-order valence-corrected chi connectivity index (χ1v) is 7.96. The highest BCUT2D eigenvalue weighted by Crippen LogP contribution is 2.33. The zero-order valence-electron chi connectivity index (χ0n) is 11.1. The predicted octanol–water partition coefficient (Wildman–Crippen LogP) is 4.57. The Bertz CT molecular complexity index is 747. The molecule has 0 radical (unpaired) electrons. The zero-order chi connectivity index (χ0) is 17.2. The fourth-order valence-corrected chi connectivity index (χ4v) is 2.88. The number of thiazole rings is 1. The number of aromatic nitrogens is 1. The number of nitro benzene ring substituents is 1. The molecule has 1 aromatic carbocycles. The normalized spacial score (nSPS) is 11.3. The van der Waals surface area contributed by atoms with E-state index < -0.39 is 21.4 Å². The van der Waals surface area contributed by atoms with Gasteiger partial charge >= 0.3 is 6.09 Å². The lowest BCUT2D eigenvalue weighted by molar-refractivity contribution is -0.384. The monoisotopic (exact) mass is 395 g/mol. The number of rotatable bonds is 4. The first-order valence-electron chi connectivity index (χ1n) is 5.95. The van der Waals surface area contributed by atoms with Crippen LogP contribution < -0.4 is 4.90 Å². The van der Waals surface area contributed by atoms with E-state index in [1.807, 2.05) is 0 Å². The summed E-state index contributed by atoms with van der Waals surface area (Å²) < 4.78 is -1.80. The van der Waals surface area contributed by atoms with E-state index >= 15 is 0 Å². The second-order valence-corrected chi connectivity index (χ2v) is 7.66. The van der Waals surface area contributed by atoms with E-state index in [2.05, 4.69) is 4.98 Å². The lowest BCUT2D eigenvalue weighted by Crippen LogP contribution is -2.36. The van der Waals surface area contributed by atoms with Crippen molar-refractivity contribution in [2.45, 2.75) is 3.79 Å². The average molecular weight is 397 g/mol. The molecule has 0 atom stereocenters. The molecule has 23 heavy (non-hydrogen) atoms.